The monoisotopic (exact) mass is 319 g/mol. The number of carbonyl (C=O) groups excluding carboxylic acids is 1. The van der Waals surface area contributed by atoms with Crippen LogP contribution in [0.5, 0.6) is 0 Å². The number of para-hydroxylation sites is 1. The Morgan fingerprint density at radius 1 is 1.21 bits per heavy atom. The molecule has 0 aliphatic carbocycles. The lowest BCUT2D eigenvalue weighted by molar-refractivity contribution is -0.124. The Hall–Kier alpha value is -2.62. The van der Waals surface area contributed by atoms with Gasteiger partial charge in [-0.25, -0.2) is 0 Å². The number of hydrogen-bond acceptors (Lipinski definition) is 3. The van der Waals surface area contributed by atoms with Crippen LogP contribution in [-0.4, -0.2) is 23.1 Å². The van der Waals surface area contributed by atoms with Gasteiger partial charge in [0.25, 0.3) is 0 Å². The van der Waals surface area contributed by atoms with E-state index in [1.165, 1.54) is 11.3 Å². The van der Waals surface area contributed by atoms with Crippen LogP contribution in [0.4, 0.5) is 5.69 Å². The number of hydrogen-bond donors (Lipinski definition) is 1. The van der Waals surface area contributed by atoms with Crippen molar-refractivity contribution in [2.75, 3.05) is 11.4 Å². The summed E-state index contributed by atoms with van der Waals surface area (Å²) in [5, 5.41) is 3.28. The molecule has 1 N–H and O–H groups in total. The highest BCUT2D eigenvalue weighted by atomic mass is 16.2. The second-order valence-corrected chi connectivity index (χ2v) is 6.98. The highest BCUT2D eigenvalue weighted by Gasteiger charge is 2.57. The minimum Gasteiger partial charge on any atom is -0.344 e. The van der Waals surface area contributed by atoms with Gasteiger partial charge in [-0.05, 0) is 29.3 Å². The van der Waals surface area contributed by atoms with Crippen molar-refractivity contribution in [1.82, 2.24) is 10.3 Å². The molecular weight excluding hydrogens is 298 g/mol. The summed E-state index contributed by atoms with van der Waals surface area (Å²) in [6.45, 7) is 5.12. The highest BCUT2D eigenvalue weighted by Crippen LogP contribution is 2.52. The average molecular weight is 319 g/mol. The second kappa shape index (κ2) is 5.20. The first-order valence-corrected chi connectivity index (χ1v) is 8.32. The van der Waals surface area contributed by atoms with E-state index in [9.17, 15) is 4.79 Å². The van der Waals surface area contributed by atoms with Crippen molar-refractivity contribution in [3.63, 3.8) is 0 Å². The summed E-state index contributed by atoms with van der Waals surface area (Å²) in [5.41, 5.74) is 2.71. The van der Waals surface area contributed by atoms with Crippen molar-refractivity contribution >= 4 is 17.7 Å². The summed E-state index contributed by atoms with van der Waals surface area (Å²) in [6.07, 6.45) is 8.30. The van der Waals surface area contributed by atoms with Crippen LogP contribution in [0.25, 0.3) is 6.08 Å². The van der Waals surface area contributed by atoms with Gasteiger partial charge in [0.15, 0.2) is 0 Å². The minimum atomic E-state index is -0.554. The first kappa shape index (κ1) is 14.9. The van der Waals surface area contributed by atoms with Gasteiger partial charge in [0.05, 0.1) is 0 Å². The van der Waals surface area contributed by atoms with Gasteiger partial charge in [-0.1, -0.05) is 44.2 Å². The van der Waals surface area contributed by atoms with Crippen molar-refractivity contribution in [2.45, 2.75) is 31.3 Å². The van der Waals surface area contributed by atoms with Crippen LogP contribution in [0.15, 0.2) is 54.9 Å². The third-order valence-electron chi connectivity index (χ3n) is 5.34. The van der Waals surface area contributed by atoms with Crippen LogP contribution < -0.4 is 10.2 Å². The number of nitrogens with zero attached hydrogens (tertiary/aromatic N) is 2. The van der Waals surface area contributed by atoms with Gasteiger partial charge >= 0.3 is 0 Å². The van der Waals surface area contributed by atoms with E-state index in [0.29, 0.717) is 6.42 Å². The predicted molar refractivity (Wildman–Crippen MR) is 95.6 cm³/mol. The summed E-state index contributed by atoms with van der Waals surface area (Å²) in [4.78, 5) is 18.8. The molecule has 2 aliphatic rings. The number of anilines is 1. The molecule has 4 heteroatoms. The largest absolute Gasteiger partial charge is 0.344 e. The van der Waals surface area contributed by atoms with E-state index in [1.807, 2.05) is 18.3 Å². The highest BCUT2D eigenvalue weighted by molar-refractivity contribution is 5.84. The lowest BCUT2D eigenvalue weighted by Crippen LogP contribution is -2.68. The molecule has 1 saturated heterocycles. The van der Waals surface area contributed by atoms with Gasteiger partial charge in [-0.2, -0.15) is 0 Å². The molecule has 122 valence electrons. The zero-order chi connectivity index (χ0) is 16.8. The number of nitrogens with one attached hydrogen (secondary N) is 1. The number of rotatable bonds is 2. The third-order valence-corrected chi connectivity index (χ3v) is 5.34. The van der Waals surface area contributed by atoms with E-state index in [1.54, 1.807) is 6.20 Å². The van der Waals surface area contributed by atoms with Crippen molar-refractivity contribution < 1.29 is 4.79 Å². The molecular formula is C20H21N3O. The Morgan fingerprint density at radius 3 is 2.83 bits per heavy atom. The Labute approximate surface area is 142 Å². The first-order chi connectivity index (χ1) is 11.5. The maximum absolute atomic E-state index is 12.3. The molecule has 1 aromatic carbocycles. The molecule has 0 unspecified atom stereocenters. The number of benzene rings is 1. The van der Waals surface area contributed by atoms with E-state index in [0.717, 1.165) is 12.1 Å². The summed E-state index contributed by atoms with van der Waals surface area (Å²) in [5.74, 6) is 0.1000. The molecule has 0 radical (unpaired) electrons. The topological polar surface area (TPSA) is 45.2 Å². The van der Waals surface area contributed by atoms with Crippen molar-refractivity contribution in [3.05, 3.63) is 66.0 Å². The van der Waals surface area contributed by atoms with Crippen molar-refractivity contribution in [2.24, 2.45) is 0 Å². The molecule has 2 aromatic rings. The second-order valence-electron chi connectivity index (χ2n) is 6.98. The molecule has 1 fully saturated rings. The van der Waals surface area contributed by atoms with Gasteiger partial charge < -0.3 is 10.2 Å². The van der Waals surface area contributed by atoms with Crippen LogP contribution in [0.2, 0.25) is 0 Å². The van der Waals surface area contributed by atoms with Crippen molar-refractivity contribution in [3.8, 4) is 0 Å². The van der Waals surface area contributed by atoms with Gasteiger partial charge in [0.2, 0.25) is 5.91 Å². The standard InChI is InChI=1S/C20H21N3O/c1-19(2)16-7-3-4-8-17(16)23-13-10-18(24)22-20(19,23)11-9-15-6-5-12-21-14-15/h3-9,11-12,14H,10,13H2,1-2H3,(H,22,24)/b11-9-/t20-/m0/s1. The molecule has 2 aliphatic heterocycles. The zero-order valence-electron chi connectivity index (χ0n) is 14.0. The SMILES string of the molecule is CC1(C)c2ccccc2N2CCC(=O)N[C@@]21/C=C\c1cccnc1. The van der Waals surface area contributed by atoms with E-state index < -0.39 is 5.66 Å². The number of fused-ring (bicyclic) bond motifs is 3. The fraction of sp³-hybridized carbons (Fsp3) is 0.300. The van der Waals surface area contributed by atoms with Gasteiger partial charge in [0.1, 0.15) is 5.66 Å². The summed E-state index contributed by atoms with van der Waals surface area (Å²) in [7, 11) is 0. The van der Waals surface area contributed by atoms with Gasteiger partial charge in [0, 0.05) is 36.5 Å². The van der Waals surface area contributed by atoms with Crippen LogP contribution >= 0.6 is 0 Å². The quantitative estimate of drug-likeness (QED) is 0.925. The summed E-state index contributed by atoms with van der Waals surface area (Å²) in [6, 6.07) is 12.4. The fourth-order valence-corrected chi connectivity index (χ4v) is 4.01. The zero-order valence-corrected chi connectivity index (χ0v) is 14.0. The smallest absolute Gasteiger partial charge is 0.223 e. The molecule has 1 atom stereocenters. The summed E-state index contributed by atoms with van der Waals surface area (Å²) >= 11 is 0. The van der Waals surface area contributed by atoms with Crippen molar-refractivity contribution in [1.29, 1.82) is 0 Å². The lowest BCUT2D eigenvalue weighted by atomic mass is 9.74. The number of pyridine rings is 1. The Balaban J connectivity index is 1.86. The Bertz CT molecular complexity index is 813. The molecule has 0 saturated carbocycles. The maximum Gasteiger partial charge on any atom is 0.223 e. The van der Waals surface area contributed by atoms with Crippen LogP contribution in [-0.2, 0) is 10.2 Å². The molecule has 0 spiro atoms. The van der Waals surface area contributed by atoms with Crippen LogP contribution in [0.1, 0.15) is 31.4 Å². The fourth-order valence-electron chi connectivity index (χ4n) is 4.01. The van der Waals surface area contributed by atoms with Gasteiger partial charge in [-0.3, -0.25) is 9.78 Å². The number of carbonyl (C=O) groups is 1. The van der Waals surface area contributed by atoms with Gasteiger partial charge in [-0.15, -0.1) is 0 Å². The molecule has 0 bridgehead atoms. The minimum absolute atomic E-state index is 0.1000. The number of aromatic nitrogens is 1. The molecule has 24 heavy (non-hydrogen) atoms. The molecule has 1 aromatic heterocycles. The van der Waals surface area contributed by atoms with E-state index >= 15 is 0 Å². The molecule has 4 rings (SSSR count). The first-order valence-electron chi connectivity index (χ1n) is 8.32. The van der Waals surface area contributed by atoms with Crippen LogP contribution in [0, 0.1) is 0 Å². The Kier molecular flexibility index (Phi) is 3.23. The molecule has 1 amide bonds. The predicted octanol–water partition coefficient (Wildman–Crippen LogP) is 3.11. The third kappa shape index (κ3) is 1.99. The molecule has 4 nitrogen and oxygen atoms in total. The van der Waals surface area contributed by atoms with E-state index in [2.05, 4.69) is 65.5 Å². The lowest BCUT2D eigenvalue weighted by Gasteiger charge is -2.49. The van der Waals surface area contributed by atoms with E-state index in [-0.39, 0.29) is 11.3 Å². The normalized spacial score (nSPS) is 24.6. The Morgan fingerprint density at radius 2 is 2.04 bits per heavy atom. The van der Waals surface area contributed by atoms with Crippen LogP contribution in [0.3, 0.4) is 0 Å². The summed E-state index contributed by atoms with van der Waals surface area (Å²) < 4.78 is 0. The number of amides is 1. The van der Waals surface area contributed by atoms with E-state index in [4.69, 9.17) is 0 Å². The average Bonchev–Trinajstić information content (AvgIpc) is 2.79. The molecule has 3 heterocycles. The maximum atomic E-state index is 12.3.